The number of piperidine rings is 1. The van der Waals surface area contributed by atoms with Crippen molar-refractivity contribution in [3.63, 3.8) is 0 Å². The topological polar surface area (TPSA) is 76.5 Å². The average Bonchev–Trinajstić information content (AvgIpc) is 3.07. The van der Waals surface area contributed by atoms with Crippen LogP contribution in [0.15, 0.2) is 0 Å². The number of hydrogen-bond donors (Lipinski definition) is 1. The first-order chi connectivity index (χ1) is 12.7. The number of carbonyl (C=O) groups excluding carboxylic acids is 2. The van der Waals surface area contributed by atoms with Gasteiger partial charge in [0.2, 0.25) is 0 Å². The molecule has 1 fully saturated rings. The molecule has 144 valence electrons. The van der Waals surface area contributed by atoms with Gasteiger partial charge in [0.1, 0.15) is 5.69 Å². The normalized spacial score (nSPS) is 19.9. The van der Waals surface area contributed by atoms with Crippen molar-refractivity contribution in [3.05, 3.63) is 17.2 Å². The van der Waals surface area contributed by atoms with E-state index in [2.05, 4.69) is 17.2 Å². The van der Waals surface area contributed by atoms with Crippen molar-refractivity contribution in [1.82, 2.24) is 19.8 Å². The van der Waals surface area contributed by atoms with E-state index in [1.165, 1.54) is 6.42 Å². The molecule has 0 saturated carbocycles. The molecule has 0 bridgehead atoms. The van der Waals surface area contributed by atoms with Crippen LogP contribution in [0.5, 0.6) is 0 Å². The maximum atomic E-state index is 13.2. The predicted molar refractivity (Wildman–Crippen MR) is 98.3 cm³/mol. The second-order valence-corrected chi connectivity index (χ2v) is 7.14. The van der Waals surface area contributed by atoms with Gasteiger partial charge in [-0.1, -0.05) is 6.92 Å². The highest BCUT2D eigenvalue weighted by atomic mass is 16.5. The van der Waals surface area contributed by atoms with E-state index in [1.807, 2.05) is 9.47 Å². The molecule has 1 atom stereocenters. The van der Waals surface area contributed by atoms with E-state index in [0.717, 1.165) is 57.3 Å². The van der Waals surface area contributed by atoms with Crippen LogP contribution in [0, 0.1) is 0 Å². The fourth-order valence-electron chi connectivity index (χ4n) is 4.06. The van der Waals surface area contributed by atoms with E-state index in [4.69, 9.17) is 4.74 Å². The first-order valence-electron chi connectivity index (χ1n) is 9.84. The molecule has 7 nitrogen and oxygen atoms in total. The van der Waals surface area contributed by atoms with E-state index in [0.29, 0.717) is 24.7 Å². The lowest BCUT2D eigenvalue weighted by atomic mass is 9.99. The van der Waals surface area contributed by atoms with Crippen molar-refractivity contribution in [1.29, 1.82) is 0 Å². The molecule has 1 N–H and O–H groups in total. The minimum atomic E-state index is -0.227. The van der Waals surface area contributed by atoms with Crippen molar-refractivity contribution in [2.75, 3.05) is 26.8 Å². The summed E-state index contributed by atoms with van der Waals surface area (Å²) >= 11 is 0. The predicted octanol–water partition coefficient (Wildman–Crippen LogP) is 2.00. The highest BCUT2D eigenvalue weighted by Crippen LogP contribution is 2.26. The van der Waals surface area contributed by atoms with Gasteiger partial charge >= 0.3 is 0 Å². The third-order valence-electron chi connectivity index (χ3n) is 5.47. The summed E-state index contributed by atoms with van der Waals surface area (Å²) in [5, 5.41) is 2.83. The molecular formula is C19H30N4O3. The van der Waals surface area contributed by atoms with Crippen LogP contribution in [-0.2, 0) is 17.7 Å². The van der Waals surface area contributed by atoms with Gasteiger partial charge in [-0.2, -0.15) is 0 Å². The van der Waals surface area contributed by atoms with E-state index in [-0.39, 0.29) is 17.9 Å². The highest BCUT2D eigenvalue weighted by molar-refractivity contribution is 5.97. The number of ether oxygens (including phenoxy) is 1. The lowest BCUT2D eigenvalue weighted by Crippen LogP contribution is -2.44. The highest BCUT2D eigenvalue weighted by Gasteiger charge is 2.33. The Kier molecular flexibility index (Phi) is 6.29. The minimum Gasteiger partial charge on any atom is -0.383 e. The van der Waals surface area contributed by atoms with Crippen molar-refractivity contribution in [2.24, 2.45) is 0 Å². The zero-order valence-electron chi connectivity index (χ0n) is 15.9. The molecule has 3 rings (SSSR count). The van der Waals surface area contributed by atoms with Crippen LogP contribution < -0.4 is 5.32 Å². The summed E-state index contributed by atoms with van der Waals surface area (Å²) in [6.07, 6.45) is 7.10. The third-order valence-corrected chi connectivity index (χ3v) is 5.47. The van der Waals surface area contributed by atoms with Crippen molar-refractivity contribution in [3.8, 4) is 0 Å². The van der Waals surface area contributed by atoms with Crippen LogP contribution >= 0.6 is 0 Å². The Balaban J connectivity index is 1.87. The van der Waals surface area contributed by atoms with Gasteiger partial charge in [-0.3, -0.25) is 9.59 Å². The minimum absolute atomic E-state index is 0.00172. The molecule has 1 aromatic heterocycles. The quantitative estimate of drug-likeness (QED) is 0.786. The summed E-state index contributed by atoms with van der Waals surface area (Å²) in [5.74, 6) is 0.136. The average molecular weight is 362 g/mol. The number of methoxy groups -OCH3 is 1. The summed E-state index contributed by atoms with van der Waals surface area (Å²) in [7, 11) is 1.60. The summed E-state index contributed by atoms with van der Waals surface area (Å²) < 4.78 is 6.93. The summed E-state index contributed by atoms with van der Waals surface area (Å²) in [4.78, 5) is 32.3. The number of amides is 2. The SMILES string of the molecule is CCC1CCCCN1C(=O)c1nc(C(=O)NCCOC)n2c1CCCC2. The first kappa shape index (κ1) is 18.9. The van der Waals surface area contributed by atoms with Crippen molar-refractivity contribution < 1.29 is 14.3 Å². The lowest BCUT2D eigenvalue weighted by Gasteiger charge is -2.35. The molecule has 1 aromatic rings. The lowest BCUT2D eigenvalue weighted by molar-refractivity contribution is 0.0600. The van der Waals surface area contributed by atoms with Crippen LogP contribution in [0.4, 0.5) is 0 Å². The molecule has 7 heteroatoms. The summed E-state index contributed by atoms with van der Waals surface area (Å²) in [5.41, 5.74) is 1.42. The molecule has 1 saturated heterocycles. The Morgan fingerprint density at radius 1 is 1.23 bits per heavy atom. The van der Waals surface area contributed by atoms with E-state index < -0.39 is 0 Å². The molecule has 1 unspecified atom stereocenters. The maximum Gasteiger partial charge on any atom is 0.287 e. The van der Waals surface area contributed by atoms with Gasteiger partial charge in [0.15, 0.2) is 5.82 Å². The number of rotatable bonds is 6. The second kappa shape index (κ2) is 8.66. The second-order valence-electron chi connectivity index (χ2n) is 7.14. The molecule has 3 heterocycles. The Bertz CT molecular complexity index is 655. The monoisotopic (exact) mass is 362 g/mol. The van der Waals surface area contributed by atoms with E-state index in [9.17, 15) is 9.59 Å². The number of imidazole rings is 1. The number of nitrogens with zero attached hydrogens (tertiary/aromatic N) is 3. The Morgan fingerprint density at radius 2 is 2.04 bits per heavy atom. The Labute approximate surface area is 155 Å². The van der Waals surface area contributed by atoms with Gasteiger partial charge in [-0.15, -0.1) is 0 Å². The smallest absolute Gasteiger partial charge is 0.287 e. The number of aromatic nitrogens is 2. The molecule has 0 radical (unpaired) electrons. The van der Waals surface area contributed by atoms with Gasteiger partial charge < -0.3 is 19.5 Å². The molecule has 0 spiro atoms. The molecule has 0 aliphatic carbocycles. The fourth-order valence-corrected chi connectivity index (χ4v) is 4.06. The first-order valence-corrected chi connectivity index (χ1v) is 9.84. The summed E-state index contributed by atoms with van der Waals surface area (Å²) in [6, 6.07) is 0.288. The van der Waals surface area contributed by atoms with Crippen LogP contribution in [0.25, 0.3) is 0 Å². The molecule has 2 aliphatic heterocycles. The van der Waals surface area contributed by atoms with Crippen LogP contribution in [-0.4, -0.2) is 59.1 Å². The van der Waals surface area contributed by atoms with E-state index >= 15 is 0 Å². The standard InChI is InChI=1S/C19H30N4O3/c1-3-14-8-4-6-11-22(14)19(25)16-15-9-5-7-12-23(15)17(21-16)18(24)20-10-13-26-2/h14H,3-13H2,1-2H3,(H,20,24). The van der Waals surface area contributed by atoms with Gasteiger partial charge in [-0.25, -0.2) is 4.98 Å². The molecule has 26 heavy (non-hydrogen) atoms. The zero-order valence-corrected chi connectivity index (χ0v) is 15.9. The zero-order chi connectivity index (χ0) is 18.5. The van der Waals surface area contributed by atoms with Crippen molar-refractivity contribution >= 4 is 11.8 Å². The molecule has 2 aliphatic rings. The number of hydrogen-bond acceptors (Lipinski definition) is 4. The van der Waals surface area contributed by atoms with Gasteiger partial charge in [-0.05, 0) is 44.9 Å². The van der Waals surface area contributed by atoms with Crippen LogP contribution in [0.1, 0.15) is 72.3 Å². The number of nitrogens with one attached hydrogen (secondary N) is 1. The maximum absolute atomic E-state index is 13.2. The molecule has 2 amide bonds. The van der Waals surface area contributed by atoms with E-state index in [1.54, 1.807) is 7.11 Å². The van der Waals surface area contributed by atoms with Crippen molar-refractivity contribution in [2.45, 2.75) is 64.5 Å². The Morgan fingerprint density at radius 3 is 2.81 bits per heavy atom. The van der Waals surface area contributed by atoms with Gasteiger partial charge in [0.25, 0.3) is 11.8 Å². The van der Waals surface area contributed by atoms with Crippen LogP contribution in [0.2, 0.25) is 0 Å². The van der Waals surface area contributed by atoms with Gasteiger partial charge in [0.05, 0.1) is 12.3 Å². The molecule has 0 aromatic carbocycles. The third kappa shape index (κ3) is 3.77. The largest absolute Gasteiger partial charge is 0.383 e. The number of fused-ring (bicyclic) bond motifs is 1. The fraction of sp³-hybridized carbons (Fsp3) is 0.737. The number of carbonyl (C=O) groups is 2. The Hall–Kier alpha value is -1.89. The van der Waals surface area contributed by atoms with Gasteiger partial charge in [0, 0.05) is 32.8 Å². The molecular weight excluding hydrogens is 332 g/mol. The summed E-state index contributed by atoms with van der Waals surface area (Å²) in [6.45, 7) is 4.56. The number of likely N-dealkylation sites (tertiary alicyclic amines) is 1. The van der Waals surface area contributed by atoms with Crippen LogP contribution in [0.3, 0.4) is 0 Å².